The third-order valence-electron chi connectivity index (χ3n) is 4.03. The molecule has 0 radical (unpaired) electrons. The molecule has 0 saturated heterocycles. The normalized spacial score (nSPS) is 11.3. The van der Waals surface area contributed by atoms with Crippen LogP contribution in [0, 0.1) is 7.14 Å². The molecule has 7 nitrogen and oxygen atoms in total. The zero-order valence-corrected chi connectivity index (χ0v) is 21.6. The van der Waals surface area contributed by atoms with Gasteiger partial charge in [0.15, 0.2) is 6.61 Å². The Morgan fingerprint density at radius 3 is 2.63 bits per heavy atom. The molecule has 0 amide bonds. The topological polar surface area (TPSA) is 93.8 Å². The number of nitrogens with zero attached hydrogens (tertiary/aromatic N) is 3. The minimum atomic E-state index is -1.04. The number of carboxylic acid groups (broad SMARTS) is 1. The summed E-state index contributed by atoms with van der Waals surface area (Å²) in [5.41, 5.74) is 1.17. The van der Waals surface area contributed by atoms with E-state index in [4.69, 9.17) is 9.84 Å². The largest absolute Gasteiger partial charge is 0.480 e. The minimum Gasteiger partial charge on any atom is -0.480 e. The molecule has 3 aromatic rings. The molecular weight excluding hydrogens is 680 g/mol. The first-order valence-electron chi connectivity index (χ1n) is 8.89. The number of hydrogen-bond acceptors (Lipinski definition) is 5. The summed E-state index contributed by atoms with van der Waals surface area (Å²) in [4.78, 5) is 28.4. The Hall–Kier alpha value is -1.54. The van der Waals surface area contributed by atoms with Crippen LogP contribution in [0.1, 0.15) is 24.7 Å². The number of hydrogen-bond donors (Lipinski definition) is 1. The molecule has 156 valence electrons. The van der Waals surface area contributed by atoms with Crippen molar-refractivity contribution in [2.24, 2.45) is 5.10 Å². The van der Waals surface area contributed by atoms with E-state index in [9.17, 15) is 9.59 Å². The van der Waals surface area contributed by atoms with Crippen molar-refractivity contribution in [1.82, 2.24) is 9.66 Å². The quantitative estimate of drug-likeness (QED) is 0.287. The summed E-state index contributed by atoms with van der Waals surface area (Å²) in [5, 5.41) is 13.7. The van der Waals surface area contributed by atoms with Gasteiger partial charge in [0.05, 0.1) is 24.3 Å². The minimum absolute atomic E-state index is 0.230. The number of halogens is 3. The first kappa shape index (κ1) is 23.1. The third kappa shape index (κ3) is 5.38. The van der Waals surface area contributed by atoms with E-state index in [-0.39, 0.29) is 5.56 Å². The zero-order valence-electron chi connectivity index (χ0n) is 15.7. The number of aromatic nitrogens is 2. The van der Waals surface area contributed by atoms with E-state index in [1.165, 1.54) is 4.68 Å². The van der Waals surface area contributed by atoms with Crippen molar-refractivity contribution >= 4 is 84.2 Å². The molecule has 0 aliphatic carbocycles. The summed E-state index contributed by atoms with van der Waals surface area (Å²) >= 11 is 7.56. The van der Waals surface area contributed by atoms with E-state index in [1.54, 1.807) is 12.3 Å². The van der Waals surface area contributed by atoms with Crippen LogP contribution in [0.4, 0.5) is 0 Å². The Balaban J connectivity index is 2.03. The van der Waals surface area contributed by atoms with Crippen LogP contribution in [0.25, 0.3) is 10.9 Å². The lowest BCUT2D eigenvalue weighted by Gasteiger charge is -2.10. The molecule has 0 aliphatic rings. The van der Waals surface area contributed by atoms with Gasteiger partial charge in [-0.15, -0.1) is 0 Å². The fraction of sp³-hybridized carbons (Fsp3) is 0.200. The van der Waals surface area contributed by atoms with Gasteiger partial charge in [-0.1, -0.05) is 22.9 Å². The van der Waals surface area contributed by atoms with Crippen LogP contribution in [0.3, 0.4) is 0 Å². The van der Waals surface area contributed by atoms with E-state index >= 15 is 0 Å². The molecule has 0 spiro atoms. The molecule has 1 aromatic heterocycles. The Morgan fingerprint density at radius 2 is 2.00 bits per heavy atom. The number of carbonyl (C=O) groups is 1. The predicted octanol–water partition coefficient (Wildman–Crippen LogP) is 4.67. The molecule has 0 fully saturated rings. The molecule has 1 N–H and O–H groups in total. The standard InChI is InChI=1S/C20H16BrI2N3O4/c1-2-3-17-25-16-5-4-12(21)8-13(16)20(29)26(17)24-9-11-6-14(22)19(15(23)7-11)30-10-18(27)28/h4-9H,2-3,10H2,1H3,(H,27,28). The summed E-state index contributed by atoms with van der Waals surface area (Å²) in [7, 11) is 0. The number of aryl methyl sites for hydroxylation is 1. The van der Waals surface area contributed by atoms with Gasteiger partial charge in [-0.2, -0.15) is 9.78 Å². The first-order valence-corrected chi connectivity index (χ1v) is 11.8. The second-order valence-electron chi connectivity index (χ2n) is 6.30. The fourth-order valence-electron chi connectivity index (χ4n) is 2.75. The van der Waals surface area contributed by atoms with Crippen molar-refractivity contribution in [2.75, 3.05) is 6.61 Å². The highest BCUT2D eigenvalue weighted by Gasteiger charge is 2.12. The average molecular weight is 696 g/mol. The number of rotatable bonds is 7. The number of benzene rings is 2. The fourth-order valence-corrected chi connectivity index (χ4v) is 5.24. The maximum Gasteiger partial charge on any atom is 0.341 e. The SMILES string of the molecule is CCCc1nc2ccc(Br)cc2c(=O)n1N=Cc1cc(I)c(OCC(=O)O)c(I)c1. The molecular formula is C20H16BrI2N3O4. The molecule has 0 aliphatic heterocycles. The monoisotopic (exact) mass is 695 g/mol. The average Bonchev–Trinajstić information content (AvgIpc) is 2.67. The van der Waals surface area contributed by atoms with E-state index in [1.807, 2.05) is 31.2 Å². The number of carboxylic acids is 1. The molecule has 30 heavy (non-hydrogen) atoms. The van der Waals surface area contributed by atoms with Crippen LogP contribution in [-0.2, 0) is 11.2 Å². The van der Waals surface area contributed by atoms with E-state index in [0.717, 1.165) is 23.6 Å². The van der Waals surface area contributed by atoms with Gasteiger partial charge in [0.2, 0.25) is 0 Å². The summed E-state index contributed by atoms with van der Waals surface area (Å²) in [5.74, 6) is 0.0710. The van der Waals surface area contributed by atoms with Crippen LogP contribution in [0.15, 0.2) is 44.7 Å². The van der Waals surface area contributed by atoms with Gasteiger partial charge in [0.25, 0.3) is 5.56 Å². The van der Waals surface area contributed by atoms with Crippen molar-refractivity contribution < 1.29 is 14.6 Å². The lowest BCUT2D eigenvalue weighted by Crippen LogP contribution is -2.22. The smallest absolute Gasteiger partial charge is 0.341 e. The van der Waals surface area contributed by atoms with Gasteiger partial charge in [0.1, 0.15) is 11.6 Å². The van der Waals surface area contributed by atoms with Gasteiger partial charge in [-0.3, -0.25) is 4.79 Å². The van der Waals surface area contributed by atoms with E-state index in [2.05, 4.69) is 71.2 Å². The highest BCUT2D eigenvalue weighted by atomic mass is 127. The molecule has 0 bridgehead atoms. The van der Waals surface area contributed by atoms with Gasteiger partial charge in [-0.25, -0.2) is 9.78 Å². The lowest BCUT2D eigenvalue weighted by atomic mass is 10.2. The molecule has 10 heteroatoms. The molecule has 0 unspecified atom stereocenters. The summed E-state index contributed by atoms with van der Waals surface area (Å²) in [6.07, 6.45) is 3.04. The van der Waals surface area contributed by atoms with Crippen LogP contribution < -0.4 is 10.3 Å². The Bertz CT molecular complexity index is 1190. The first-order chi connectivity index (χ1) is 14.3. The second-order valence-corrected chi connectivity index (χ2v) is 9.54. The zero-order chi connectivity index (χ0) is 21.8. The maximum absolute atomic E-state index is 13.0. The van der Waals surface area contributed by atoms with Crippen LogP contribution in [0.5, 0.6) is 5.75 Å². The molecule has 0 atom stereocenters. The van der Waals surface area contributed by atoms with E-state index < -0.39 is 12.6 Å². The van der Waals surface area contributed by atoms with Gasteiger partial charge < -0.3 is 9.84 Å². The van der Waals surface area contributed by atoms with Gasteiger partial charge >= 0.3 is 5.97 Å². The highest BCUT2D eigenvalue weighted by molar-refractivity contribution is 14.1. The molecule has 3 rings (SSSR count). The van der Waals surface area contributed by atoms with Crippen LogP contribution in [0.2, 0.25) is 0 Å². The van der Waals surface area contributed by atoms with Crippen molar-refractivity contribution in [3.05, 3.63) is 63.7 Å². The highest BCUT2D eigenvalue weighted by Crippen LogP contribution is 2.28. The van der Waals surface area contributed by atoms with Crippen molar-refractivity contribution in [1.29, 1.82) is 0 Å². The summed E-state index contributed by atoms with van der Waals surface area (Å²) < 4.78 is 8.99. The van der Waals surface area contributed by atoms with Crippen molar-refractivity contribution in [3.8, 4) is 5.75 Å². The lowest BCUT2D eigenvalue weighted by molar-refractivity contribution is -0.139. The Morgan fingerprint density at radius 1 is 1.30 bits per heavy atom. The number of fused-ring (bicyclic) bond motifs is 1. The Labute approximate surface area is 207 Å². The van der Waals surface area contributed by atoms with Crippen LogP contribution in [-0.4, -0.2) is 33.6 Å². The van der Waals surface area contributed by atoms with Crippen molar-refractivity contribution in [2.45, 2.75) is 19.8 Å². The van der Waals surface area contributed by atoms with Gasteiger partial charge in [-0.05, 0) is 87.5 Å². The number of aliphatic carboxylic acids is 1. The molecule has 2 aromatic carbocycles. The second kappa shape index (κ2) is 10.2. The molecule has 0 saturated carbocycles. The van der Waals surface area contributed by atoms with Crippen LogP contribution >= 0.6 is 61.1 Å². The maximum atomic E-state index is 13.0. The summed E-state index contributed by atoms with van der Waals surface area (Å²) in [6.45, 7) is 1.61. The molecule has 1 heterocycles. The van der Waals surface area contributed by atoms with E-state index in [0.29, 0.717) is 28.9 Å². The van der Waals surface area contributed by atoms with Crippen molar-refractivity contribution in [3.63, 3.8) is 0 Å². The number of ether oxygens (including phenoxy) is 1. The predicted molar refractivity (Wildman–Crippen MR) is 136 cm³/mol. The third-order valence-corrected chi connectivity index (χ3v) is 6.13. The van der Waals surface area contributed by atoms with Gasteiger partial charge in [0, 0.05) is 10.9 Å². The summed E-state index contributed by atoms with van der Waals surface area (Å²) in [6, 6.07) is 9.05. The Kier molecular flexibility index (Phi) is 7.85.